The Kier molecular flexibility index (Phi) is 5.28. The first kappa shape index (κ1) is 17.4. The van der Waals surface area contributed by atoms with Crippen molar-refractivity contribution < 1.29 is 4.79 Å². The topological polar surface area (TPSA) is 59.8 Å². The molecule has 0 fully saturated rings. The summed E-state index contributed by atoms with van der Waals surface area (Å²) in [4.78, 5) is 12.4. The Hall–Kier alpha value is -2.47. The van der Waals surface area contributed by atoms with Gasteiger partial charge in [-0.1, -0.05) is 51.5 Å². The molecule has 0 aliphatic heterocycles. The van der Waals surface area contributed by atoms with E-state index < -0.39 is 0 Å². The van der Waals surface area contributed by atoms with E-state index in [1.54, 1.807) is 4.68 Å². The van der Waals surface area contributed by atoms with Gasteiger partial charge < -0.3 is 5.32 Å². The van der Waals surface area contributed by atoms with Crippen LogP contribution in [0.1, 0.15) is 27.3 Å². The fourth-order valence-electron chi connectivity index (χ4n) is 2.68. The summed E-state index contributed by atoms with van der Waals surface area (Å²) in [6, 6.07) is 15.9. The first-order valence-electron chi connectivity index (χ1n) is 8.07. The Balaban J connectivity index is 1.68. The van der Waals surface area contributed by atoms with Crippen LogP contribution >= 0.6 is 15.9 Å². The van der Waals surface area contributed by atoms with Crippen LogP contribution in [-0.4, -0.2) is 27.4 Å². The van der Waals surface area contributed by atoms with Crippen LogP contribution < -0.4 is 5.32 Å². The summed E-state index contributed by atoms with van der Waals surface area (Å²) in [7, 11) is 0. The van der Waals surface area contributed by atoms with E-state index in [2.05, 4.69) is 50.6 Å². The molecule has 0 saturated carbocycles. The molecule has 0 aliphatic rings. The zero-order chi connectivity index (χ0) is 17.8. The maximum atomic E-state index is 12.4. The van der Waals surface area contributed by atoms with Gasteiger partial charge in [0.2, 0.25) is 0 Å². The van der Waals surface area contributed by atoms with Crippen molar-refractivity contribution in [2.75, 3.05) is 6.54 Å². The van der Waals surface area contributed by atoms with Crippen molar-refractivity contribution in [2.45, 2.75) is 20.3 Å². The third-order valence-electron chi connectivity index (χ3n) is 4.10. The van der Waals surface area contributed by atoms with E-state index in [1.165, 1.54) is 11.1 Å². The predicted octanol–water partition coefficient (Wildman–Crippen LogP) is 3.62. The minimum atomic E-state index is -0.202. The number of nitrogens with one attached hydrogen (secondary N) is 1. The van der Waals surface area contributed by atoms with Gasteiger partial charge in [0.25, 0.3) is 5.91 Å². The lowest BCUT2D eigenvalue weighted by molar-refractivity contribution is 0.0948. The second-order valence-corrected chi connectivity index (χ2v) is 6.76. The SMILES string of the molecule is Cc1ccccc1CCNC(=O)c1nnn(-c2cccc(Br)c2)c1C. The zero-order valence-corrected chi connectivity index (χ0v) is 15.7. The normalized spacial score (nSPS) is 10.7. The maximum Gasteiger partial charge on any atom is 0.273 e. The maximum absolute atomic E-state index is 12.4. The number of nitrogens with zero attached hydrogens (tertiary/aromatic N) is 3. The number of amides is 1. The molecular formula is C19H19BrN4O. The van der Waals surface area contributed by atoms with Gasteiger partial charge in [0.15, 0.2) is 5.69 Å². The van der Waals surface area contributed by atoms with Crippen molar-refractivity contribution in [1.82, 2.24) is 20.3 Å². The fraction of sp³-hybridized carbons (Fsp3) is 0.211. The average Bonchev–Trinajstić information content (AvgIpc) is 2.98. The van der Waals surface area contributed by atoms with Gasteiger partial charge in [0.05, 0.1) is 11.4 Å². The molecule has 0 bridgehead atoms. The minimum absolute atomic E-state index is 0.202. The molecule has 1 heterocycles. The fourth-order valence-corrected chi connectivity index (χ4v) is 3.06. The number of hydrogen-bond donors (Lipinski definition) is 1. The summed E-state index contributed by atoms with van der Waals surface area (Å²) in [5.74, 6) is -0.202. The van der Waals surface area contributed by atoms with Crippen molar-refractivity contribution >= 4 is 21.8 Å². The quantitative estimate of drug-likeness (QED) is 0.713. The van der Waals surface area contributed by atoms with Gasteiger partial charge >= 0.3 is 0 Å². The molecular weight excluding hydrogens is 380 g/mol. The van der Waals surface area contributed by atoms with E-state index in [4.69, 9.17) is 0 Å². The highest BCUT2D eigenvalue weighted by Crippen LogP contribution is 2.17. The van der Waals surface area contributed by atoms with Crippen LogP contribution in [0.15, 0.2) is 53.0 Å². The number of rotatable bonds is 5. The van der Waals surface area contributed by atoms with Gasteiger partial charge in [-0.25, -0.2) is 4.68 Å². The summed E-state index contributed by atoms with van der Waals surface area (Å²) < 4.78 is 2.62. The molecule has 1 N–H and O–H groups in total. The molecule has 2 aromatic carbocycles. The molecule has 3 rings (SSSR count). The Morgan fingerprint density at radius 1 is 1.16 bits per heavy atom. The highest BCUT2D eigenvalue weighted by Gasteiger charge is 2.17. The second kappa shape index (κ2) is 7.61. The molecule has 128 valence electrons. The van der Waals surface area contributed by atoms with E-state index in [0.29, 0.717) is 17.9 Å². The lowest BCUT2D eigenvalue weighted by atomic mass is 10.1. The zero-order valence-electron chi connectivity index (χ0n) is 14.2. The number of hydrogen-bond acceptors (Lipinski definition) is 3. The van der Waals surface area contributed by atoms with Gasteiger partial charge in [-0.3, -0.25) is 4.79 Å². The Bertz CT molecular complexity index is 904. The molecule has 0 unspecified atom stereocenters. The molecule has 6 heteroatoms. The first-order chi connectivity index (χ1) is 12.1. The molecule has 0 radical (unpaired) electrons. The van der Waals surface area contributed by atoms with Gasteiger partial charge in [-0.05, 0) is 49.6 Å². The van der Waals surface area contributed by atoms with Crippen molar-refractivity contribution in [2.24, 2.45) is 0 Å². The Morgan fingerprint density at radius 2 is 1.96 bits per heavy atom. The van der Waals surface area contributed by atoms with Crippen LogP contribution in [0.4, 0.5) is 0 Å². The molecule has 0 atom stereocenters. The van der Waals surface area contributed by atoms with Crippen LogP contribution in [0.5, 0.6) is 0 Å². The van der Waals surface area contributed by atoms with Crippen LogP contribution in [0.3, 0.4) is 0 Å². The third kappa shape index (κ3) is 3.96. The highest BCUT2D eigenvalue weighted by atomic mass is 79.9. The van der Waals surface area contributed by atoms with Crippen molar-refractivity contribution in [1.29, 1.82) is 0 Å². The number of carbonyl (C=O) groups excluding carboxylic acids is 1. The van der Waals surface area contributed by atoms with Crippen molar-refractivity contribution in [3.05, 3.63) is 75.5 Å². The Labute approximate surface area is 155 Å². The molecule has 1 amide bonds. The smallest absolute Gasteiger partial charge is 0.273 e. The monoisotopic (exact) mass is 398 g/mol. The van der Waals surface area contributed by atoms with Gasteiger partial charge in [-0.15, -0.1) is 5.10 Å². The number of aromatic nitrogens is 3. The Morgan fingerprint density at radius 3 is 2.72 bits per heavy atom. The second-order valence-electron chi connectivity index (χ2n) is 5.85. The number of carbonyl (C=O) groups is 1. The molecule has 0 aliphatic carbocycles. The lowest BCUT2D eigenvalue weighted by Gasteiger charge is -2.07. The molecule has 5 nitrogen and oxygen atoms in total. The van der Waals surface area contributed by atoms with E-state index in [0.717, 1.165) is 16.6 Å². The van der Waals surface area contributed by atoms with Crippen LogP contribution in [-0.2, 0) is 6.42 Å². The van der Waals surface area contributed by atoms with E-state index in [9.17, 15) is 4.79 Å². The summed E-state index contributed by atoms with van der Waals surface area (Å²) in [6.07, 6.45) is 0.789. The van der Waals surface area contributed by atoms with Gasteiger partial charge in [0.1, 0.15) is 0 Å². The summed E-state index contributed by atoms with van der Waals surface area (Å²) in [5.41, 5.74) is 4.39. The summed E-state index contributed by atoms with van der Waals surface area (Å²) in [5, 5.41) is 11.1. The van der Waals surface area contributed by atoms with E-state index in [-0.39, 0.29) is 5.91 Å². The number of benzene rings is 2. The first-order valence-corrected chi connectivity index (χ1v) is 8.86. The van der Waals surface area contributed by atoms with Crippen molar-refractivity contribution in [3.8, 4) is 5.69 Å². The molecule has 3 aromatic rings. The minimum Gasteiger partial charge on any atom is -0.350 e. The predicted molar refractivity (Wildman–Crippen MR) is 101 cm³/mol. The molecule has 25 heavy (non-hydrogen) atoms. The number of aryl methyl sites for hydroxylation is 1. The molecule has 1 aromatic heterocycles. The third-order valence-corrected chi connectivity index (χ3v) is 4.60. The van der Waals surface area contributed by atoms with Gasteiger partial charge in [-0.2, -0.15) is 0 Å². The lowest BCUT2D eigenvalue weighted by Crippen LogP contribution is -2.27. The largest absolute Gasteiger partial charge is 0.350 e. The average molecular weight is 399 g/mol. The van der Waals surface area contributed by atoms with Gasteiger partial charge in [0, 0.05) is 11.0 Å². The van der Waals surface area contributed by atoms with E-state index >= 15 is 0 Å². The molecule has 0 spiro atoms. The van der Waals surface area contributed by atoms with Crippen LogP contribution in [0, 0.1) is 13.8 Å². The highest BCUT2D eigenvalue weighted by molar-refractivity contribution is 9.10. The number of halogens is 1. The molecule has 0 saturated heterocycles. The summed E-state index contributed by atoms with van der Waals surface area (Å²) in [6.45, 7) is 4.48. The van der Waals surface area contributed by atoms with E-state index in [1.807, 2.05) is 43.3 Å². The standard InChI is InChI=1S/C19H19BrN4O/c1-13-6-3-4-7-15(13)10-11-21-19(25)18-14(2)24(23-22-18)17-9-5-8-16(20)12-17/h3-9,12H,10-11H2,1-2H3,(H,21,25). The van der Waals surface area contributed by atoms with Crippen molar-refractivity contribution in [3.63, 3.8) is 0 Å². The van der Waals surface area contributed by atoms with Crippen LogP contribution in [0.2, 0.25) is 0 Å². The van der Waals surface area contributed by atoms with Crippen LogP contribution in [0.25, 0.3) is 5.69 Å². The summed E-state index contributed by atoms with van der Waals surface area (Å²) >= 11 is 3.44.